The summed E-state index contributed by atoms with van der Waals surface area (Å²) in [6.07, 6.45) is 1.78. The minimum Gasteiger partial charge on any atom is -0.383 e. The van der Waals surface area contributed by atoms with Crippen LogP contribution in [0.3, 0.4) is 0 Å². The van der Waals surface area contributed by atoms with Crippen molar-refractivity contribution in [2.45, 2.75) is 43.9 Å². The normalized spacial score (nSPS) is 13.1. The van der Waals surface area contributed by atoms with E-state index in [4.69, 9.17) is 4.74 Å². The summed E-state index contributed by atoms with van der Waals surface area (Å²) in [6, 6.07) is 17.4. The summed E-state index contributed by atoms with van der Waals surface area (Å²) in [7, 11) is 1.60. The Bertz CT molecular complexity index is 1070. The Morgan fingerprint density at radius 1 is 1.13 bits per heavy atom. The van der Waals surface area contributed by atoms with Crippen LogP contribution in [0.25, 0.3) is 10.9 Å². The molecule has 0 bridgehead atoms. The highest BCUT2D eigenvalue weighted by Gasteiger charge is 2.18. The Morgan fingerprint density at radius 3 is 2.58 bits per heavy atom. The summed E-state index contributed by atoms with van der Waals surface area (Å²) in [5.41, 5.74) is 1.77. The number of carbonyl (C=O) groups excluding carboxylic acids is 1. The average molecular weight is 440 g/mol. The molecule has 2 atom stereocenters. The number of carbonyl (C=O) groups is 1. The summed E-state index contributed by atoms with van der Waals surface area (Å²) < 4.78 is 6.87. The molecule has 0 fully saturated rings. The number of thioether (sulfide) groups is 1. The molecule has 0 radical (unpaired) electrons. The van der Waals surface area contributed by atoms with Gasteiger partial charge in [-0.15, -0.1) is 0 Å². The molecular formula is C24H29N3O3S. The predicted octanol–water partition coefficient (Wildman–Crippen LogP) is 3.83. The number of fused-ring (bicyclic) bond motifs is 1. The van der Waals surface area contributed by atoms with Gasteiger partial charge < -0.3 is 10.1 Å². The first-order valence-corrected chi connectivity index (χ1v) is 11.4. The molecule has 164 valence electrons. The molecule has 1 N–H and O–H groups in total. The maximum atomic E-state index is 13.1. The number of aromatic nitrogens is 2. The van der Waals surface area contributed by atoms with Gasteiger partial charge in [0.05, 0.1) is 29.3 Å². The Labute approximate surface area is 187 Å². The van der Waals surface area contributed by atoms with E-state index < -0.39 is 0 Å². The number of methoxy groups -OCH3 is 1. The summed E-state index contributed by atoms with van der Waals surface area (Å²) in [4.78, 5) is 30.2. The monoisotopic (exact) mass is 439 g/mol. The fourth-order valence-electron chi connectivity index (χ4n) is 3.48. The van der Waals surface area contributed by atoms with Gasteiger partial charge in [-0.3, -0.25) is 14.2 Å². The van der Waals surface area contributed by atoms with Crippen molar-refractivity contribution in [3.05, 3.63) is 70.5 Å². The second-order valence-electron chi connectivity index (χ2n) is 7.67. The molecule has 1 heterocycles. The summed E-state index contributed by atoms with van der Waals surface area (Å²) in [5, 5.41) is 4.14. The first-order chi connectivity index (χ1) is 15.0. The van der Waals surface area contributed by atoms with Gasteiger partial charge in [0, 0.05) is 13.2 Å². The lowest BCUT2D eigenvalue weighted by molar-refractivity contribution is -0.119. The van der Waals surface area contributed by atoms with Crippen molar-refractivity contribution in [3.8, 4) is 0 Å². The molecule has 0 saturated carbocycles. The van der Waals surface area contributed by atoms with Crippen LogP contribution in [0.15, 0.2) is 64.5 Å². The SMILES string of the molecule is COCC(C)n1c(SCC(=O)NC(C)CCc2ccccc2)nc2ccccc2c1=O. The largest absolute Gasteiger partial charge is 0.383 e. The Morgan fingerprint density at radius 2 is 1.84 bits per heavy atom. The van der Waals surface area contributed by atoms with Gasteiger partial charge in [0.15, 0.2) is 5.16 Å². The van der Waals surface area contributed by atoms with Crippen LogP contribution in [-0.4, -0.2) is 41.0 Å². The lowest BCUT2D eigenvalue weighted by Gasteiger charge is -2.19. The average Bonchev–Trinajstić information content (AvgIpc) is 2.77. The van der Waals surface area contributed by atoms with E-state index in [0.29, 0.717) is 22.7 Å². The molecule has 1 amide bonds. The summed E-state index contributed by atoms with van der Waals surface area (Å²) in [6.45, 7) is 4.31. The quantitative estimate of drug-likeness (QED) is 0.384. The minimum atomic E-state index is -0.190. The van der Waals surface area contributed by atoms with Crippen molar-refractivity contribution < 1.29 is 9.53 Å². The lowest BCUT2D eigenvalue weighted by Crippen LogP contribution is -2.34. The molecule has 0 aliphatic heterocycles. The van der Waals surface area contributed by atoms with Crippen molar-refractivity contribution in [1.82, 2.24) is 14.9 Å². The maximum Gasteiger partial charge on any atom is 0.262 e. The molecule has 0 spiro atoms. The third kappa shape index (κ3) is 6.18. The van der Waals surface area contributed by atoms with Gasteiger partial charge in [0.2, 0.25) is 5.91 Å². The van der Waals surface area contributed by atoms with Crippen molar-refractivity contribution in [3.63, 3.8) is 0 Å². The number of aryl methyl sites for hydroxylation is 1. The number of nitrogens with one attached hydrogen (secondary N) is 1. The third-order valence-corrected chi connectivity index (χ3v) is 6.03. The van der Waals surface area contributed by atoms with Gasteiger partial charge in [0.25, 0.3) is 5.56 Å². The van der Waals surface area contributed by atoms with E-state index in [0.717, 1.165) is 12.8 Å². The van der Waals surface area contributed by atoms with Crippen molar-refractivity contribution in [2.75, 3.05) is 19.5 Å². The van der Waals surface area contributed by atoms with Crippen LogP contribution < -0.4 is 10.9 Å². The Kier molecular flexibility index (Phi) is 8.26. The molecule has 2 aromatic carbocycles. The van der Waals surface area contributed by atoms with E-state index in [2.05, 4.69) is 22.4 Å². The predicted molar refractivity (Wildman–Crippen MR) is 126 cm³/mol. The number of amides is 1. The number of ether oxygens (including phenoxy) is 1. The maximum absolute atomic E-state index is 13.1. The van der Waals surface area contributed by atoms with Crippen LogP contribution in [-0.2, 0) is 16.0 Å². The molecule has 6 nitrogen and oxygen atoms in total. The van der Waals surface area contributed by atoms with E-state index in [1.807, 2.05) is 50.2 Å². The van der Waals surface area contributed by atoms with Gasteiger partial charge >= 0.3 is 0 Å². The van der Waals surface area contributed by atoms with Crippen LogP contribution in [0.4, 0.5) is 0 Å². The van der Waals surface area contributed by atoms with Crippen molar-refractivity contribution in [1.29, 1.82) is 0 Å². The molecule has 7 heteroatoms. The van der Waals surface area contributed by atoms with Crippen LogP contribution >= 0.6 is 11.8 Å². The van der Waals surface area contributed by atoms with Gasteiger partial charge in [-0.25, -0.2) is 4.98 Å². The number of hydrogen-bond acceptors (Lipinski definition) is 5. The fourth-order valence-corrected chi connectivity index (χ4v) is 4.39. The Balaban J connectivity index is 1.67. The van der Waals surface area contributed by atoms with Crippen LogP contribution in [0, 0.1) is 0 Å². The van der Waals surface area contributed by atoms with E-state index >= 15 is 0 Å². The topological polar surface area (TPSA) is 73.2 Å². The first-order valence-electron chi connectivity index (χ1n) is 10.5. The second-order valence-corrected chi connectivity index (χ2v) is 8.62. The molecule has 2 unspecified atom stereocenters. The zero-order valence-corrected chi connectivity index (χ0v) is 19.0. The standard InChI is InChI=1S/C24H29N3O3S/c1-17(13-14-19-9-5-4-6-10-19)25-22(28)16-31-24-26-21-12-8-7-11-20(21)23(29)27(24)18(2)15-30-3/h4-12,17-18H,13-16H2,1-3H3,(H,25,28). The minimum absolute atomic E-state index is 0.0625. The van der Waals surface area contributed by atoms with Gasteiger partial charge in [0.1, 0.15) is 0 Å². The highest BCUT2D eigenvalue weighted by Crippen LogP contribution is 2.21. The third-order valence-electron chi connectivity index (χ3n) is 5.07. The molecule has 31 heavy (non-hydrogen) atoms. The van der Waals surface area contributed by atoms with E-state index in [9.17, 15) is 9.59 Å². The van der Waals surface area contributed by atoms with Crippen LogP contribution in [0.1, 0.15) is 31.9 Å². The number of benzene rings is 2. The summed E-state index contributed by atoms with van der Waals surface area (Å²) >= 11 is 1.28. The molecule has 3 rings (SSSR count). The van der Waals surface area contributed by atoms with Gasteiger partial charge in [-0.1, -0.05) is 54.2 Å². The highest BCUT2D eigenvalue weighted by atomic mass is 32.2. The van der Waals surface area contributed by atoms with Gasteiger partial charge in [-0.2, -0.15) is 0 Å². The van der Waals surface area contributed by atoms with Gasteiger partial charge in [-0.05, 0) is 44.4 Å². The zero-order valence-electron chi connectivity index (χ0n) is 18.2. The van der Waals surface area contributed by atoms with E-state index in [1.165, 1.54) is 17.3 Å². The second kappa shape index (κ2) is 11.1. The summed E-state index contributed by atoms with van der Waals surface area (Å²) in [5.74, 6) is 0.124. The fraction of sp³-hybridized carbons (Fsp3) is 0.375. The molecular weight excluding hydrogens is 410 g/mol. The molecule has 3 aromatic rings. The van der Waals surface area contributed by atoms with Crippen LogP contribution in [0.2, 0.25) is 0 Å². The van der Waals surface area contributed by atoms with Crippen LogP contribution in [0.5, 0.6) is 0 Å². The molecule has 0 aliphatic rings. The highest BCUT2D eigenvalue weighted by molar-refractivity contribution is 7.99. The molecule has 0 aliphatic carbocycles. The molecule has 0 saturated heterocycles. The lowest BCUT2D eigenvalue weighted by atomic mass is 10.1. The number of hydrogen-bond donors (Lipinski definition) is 1. The number of para-hydroxylation sites is 1. The Hall–Kier alpha value is -2.64. The van der Waals surface area contributed by atoms with E-state index in [-0.39, 0.29) is 29.3 Å². The van der Waals surface area contributed by atoms with E-state index in [1.54, 1.807) is 17.7 Å². The van der Waals surface area contributed by atoms with Crippen molar-refractivity contribution in [2.24, 2.45) is 0 Å². The first kappa shape index (κ1) is 23.0. The zero-order chi connectivity index (χ0) is 22.2. The van der Waals surface area contributed by atoms with Crippen molar-refractivity contribution >= 4 is 28.6 Å². The number of nitrogens with zero attached hydrogens (tertiary/aromatic N) is 2. The smallest absolute Gasteiger partial charge is 0.262 e. The number of rotatable bonds is 10. The molecule has 1 aromatic heterocycles.